The molecule has 0 bridgehead atoms. The van der Waals surface area contributed by atoms with Gasteiger partial charge in [0, 0.05) is 31.0 Å². The first-order valence-electron chi connectivity index (χ1n) is 8.52. The molecular weight excluding hydrogens is 330 g/mol. The monoisotopic (exact) mass is 349 g/mol. The molecule has 1 aromatic heterocycles. The van der Waals surface area contributed by atoms with Crippen LogP contribution in [-0.4, -0.2) is 34.6 Å². The van der Waals surface area contributed by atoms with Crippen LogP contribution in [0.4, 0.5) is 0 Å². The van der Waals surface area contributed by atoms with Crippen molar-refractivity contribution in [3.05, 3.63) is 66.0 Å². The van der Waals surface area contributed by atoms with E-state index in [4.69, 9.17) is 9.26 Å². The third-order valence-corrected chi connectivity index (χ3v) is 4.55. The number of hydrogen-bond acceptors (Lipinski definition) is 5. The molecule has 0 aliphatic carbocycles. The highest BCUT2D eigenvalue weighted by atomic mass is 16.5. The second-order valence-corrected chi connectivity index (χ2v) is 6.35. The number of rotatable bonds is 5. The summed E-state index contributed by atoms with van der Waals surface area (Å²) in [6, 6.07) is 17.4. The Morgan fingerprint density at radius 2 is 2.04 bits per heavy atom. The van der Waals surface area contributed by atoms with Crippen LogP contribution in [0.5, 0.6) is 5.75 Å². The van der Waals surface area contributed by atoms with Gasteiger partial charge in [-0.2, -0.15) is 4.98 Å². The van der Waals surface area contributed by atoms with E-state index in [1.807, 2.05) is 59.5 Å². The molecule has 0 N–H and O–H groups in total. The third-order valence-electron chi connectivity index (χ3n) is 4.55. The molecule has 1 aliphatic rings. The summed E-state index contributed by atoms with van der Waals surface area (Å²) in [7, 11) is 1.61. The lowest BCUT2D eigenvalue weighted by molar-refractivity contribution is -0.128. The zero-order chi connectivity index (χ0) is 17.9. The maximum Gasteiger partial charge on any atom is 0.258 e. The van der Waals surface area contributed by atoms with E-state index in [2.05, 4.69) is 10.1 Å². The van der Waals surface area contributed by atoms with Crippen LogP contribution in [0, 0.1) is 0 Å². The number of amides is 1. The van der Waals surface area contributed by atoms with Gasteiger partial charge in [0.1, 0.15) is 5.75 Å². The Hall–Kier alpha value is -3.15. The number of benzene rings is 2. The van der Waals surface area contributed by atoms with Gasteiger partial charge in [-0.15, -0.1) is 0 Å². The van der Waals surface area contributed by atoms with Gasteiger partial charge in [0.05, 0.1) is 7.11 Å². The number of carbonyl (C=O) groups excluding carboxylic acids is 1. The fourth-order valence-electron chi connectivity index (χ4n) is 3.18. The van der Waals surface area contributed by atoms with Gasteiger partial charge in [-0.1, -0.05) is 41.6 Å². The van der Waals surface area contributed by atoms with Crippen LogP contribution < -0.4 is 4.74 Å². The molecule has 1 aliphatic heterocycles. The van der Waals surface area contributed by atoms with Gasteiger partial charge in [-0.25, -0.2) is 0 Å². The summed E-state index contributed by atoms with van der Waals surface area (Å²) in [6.45, 7) is 1.21. The lowest BCUT2D eigenvalue weighted by atomic mass is 10.1. The van der Waals surface area contributed by atoms with Gasteiger partial charge >= 0.3 is 0 Å². The Morgan fingerprint density at radius 3 is 2.85 bits per heavy atom. The molecule has 1 amide bonds. The van der Waals surface area contributed by atoms with Gasteiger partial charge in [-0.05, 0) is 23.8 Å². The van der Waals surface area contributed by atoms with Crippen LogP contribution in [-0.2, 0) is 11.3 Å². The summed E-state index contributed by atoms with van der Waals surface area (Å²) < 4.78 is 10.6. The number of methoxy groups -OCH3 is 1. The molecule has 0 unspecified atom stereocenters. The summed E-state index contributed by atoms with van der Waals surface area (Å²) in [5.41, 5.74) is 1.92. The minimum absolute atomic E-state index is 0.0469. The van der Waals surface area contributed by atoms with E-state index < -0.39 is 0 Å². The van der Waals surface area contributed by atoms with Crippen molar-refractivity contribution in [2.75, 3.05) is 13.7 Å². The van der Waals surface area contributed by atoms with Crippen molar-refractivity contribution >= 4 is 5.91 Å². The molecule has 2 aromatic carbocycles. The number of ether oxygens (including phenoxy) is 1. The van der Waals surface area contributed by atoms with Crippen LogP contribution in [0.25, 0.3) is 11.5 Å². The number of aromatic nitrogens is 2. The van der Waals surface area contributed by atoms with Crippen molar-refractivity contribution in [3.8, 4) is 17.2 Å². The fourth-order valence-corrected chi connectivity index (χ4v) is 3.18. The van der Waals surface area contributed by atoms with Crippen LogP contribution in [0.2, 0.25) is 0 Å². The molecule has 2 heterocycles. The minimum Gasteiger partial charge on any atom is -0.497 e. The molecule has 132 valence electrons. The van der Waals surface area contributed by atoms with Crippen LogP contribution in [0.3, 0.4) is 0 Å². The van der Waals surface area contributed by atoms with Crippen molar-refractivity contribution < 1.29 is 14.1 Å². The number of hydrogen-bond donors (Lipinski definition) is 0. The van der Waals surface area contributed by atoms with Gasteiger partial charge < -0.3 is 14.2 Å². The maximum absolute atomic E-state index is 12.3. The van der Waals surface area contributed by atoms with E-state index in [-0.39, 0.29) is 11.8 Å². The molecule has 1 saturated heterocycles. The highest BCUT2D eigenvalue weighted by Gasteiger charge is 2.33. The molecule has 4 rings (SSSR count). The molecule has 26 heavy (non-hydrogen) atoms. The van der Waals surface area contributed by atoms with E-state index in [1.165, 1.54) is 0 Å². The average Bonchev–Trinajstić information content (AvgIpc) is 3.30. The van der Waals surface area contributed by atoms with E-state index in [1.54, 1.807) is 7.11 Å². The Bertz CT molecular complexity index is 907. The number of carbonyl (C=O) groups is 1. The summed E-state index contributed by atoms with van der Waals surface area (Å²) in [5.74, 6) is 1.81. The van der Waals surface area contributed by atoms with Crippen molar-refractivity contribution in [2.45, 2.75) is 18.9 Å². The molecular formula is C20H19N3O3. The largest absolute Gasteiger partial charge is 0.497 e. The molecule has 3 aromatic rings. The van der Waals surface area contributed by atoms with E-state index in [0.717, 1.165) is 16.9 Å². The maximum atomic E-state index is 12.3. The predicted octanol–water partition coefficient (Wildman–Crippen LogP) is 3.26. The van der Waals surface area contributed by atoms with Crippen molar-refractivity contribution in [2.24, 2.45) is 0 Å². The quantitative estimate of drug-likeness (QED) is 0.707. The average molecular weight is 349 g/mol. The number of nitrogens with zero attached hydrogens (tertiary/aromatic N) is 3. The zero-order valence-electron chi connectivity index (χ0n) is 14.5. The molecule has 1 atom stereocenters. The first-order valence-corrected chi connectivity index (χ1v) is 8.52. The van der Waals surface area contributed by atoms with Crippen molar-refractivity contribution in [3.63, 3.8) is 0 Å². The summed E-state index contributed by atoms with van der Waals surface area (Å²) in [5, 5.41) is 4.10. The standard InChI is InChI=1S/C20H19N3O3/c1-25-17-9-5-8-15(10-17)20-21-19(22-26-20)16-11-18(24)23(13-16)12-14-6-3-2-4-7-14/h2-10,16H,11-13H2,1H3/t16-/m0/s1. The lowest BCUT2D eigenvalue weighted by Gasteiger charge is -2.15. The third kappa shape index (κ3) is 3.31. The SMILES string of the molecule is COc1cccc(-c2nc([C@H]3CC(=O)N(Cc4ccccc4)C3)no2)c1. The molecule has 6 nitrogen and oxygen atoms in total. The zero-order valence-corrected chi connectivity index (χ0v) is 14.5. The number of likely N-dealkylation sites (tertiary alicyclic amines) is 1. The van der Waals surface area contributed by atoms with E-state index in [0.29, 0.717) is 31.2 Å². The molecule has 0 spiro atoms. The molecule has 0 saturated carbocycles. The predicted molar refractivity (Wildman–Crippen MR) is 95.5 cm³/mol. The van der Waals surface area contributed by atoms with Crippen LogP contribution >= 0.6 is 0 Å². The molecule has 0 radical (unpaired) electrons. The highest BCUT2D eigenvalue weighted by Crippen LogP contribution is 2.30. The smallest absolute Gasteiger partial charge is 0.258 e. The Kier molecular flexibility index (Phi) is 4.39. The van der Waals surface area contributed by atoms with Gasteiger partial charge in [0.2, 0.25) is 5.91 Å². The fraction of sp³-hybridized carbons (Fsp3) is 0.250. The van der Waals surface area contributed by atoms with Crippen LogP contribution in [0.1, 0.15) is 23.7 Å². The van der Waals surface area contributed by atoms with Gasteiger partial charge in [0.15, 0.2) is 5.82 Å². The highest BCUT2D eigenvalue weighted by molar-refractivity contribution is 5.79. The van der Waals surface area contributed by atoms with E-state index in [9.17, 15) is 4.79 Å². The molecule has 1 fully saturated rings. The lowest BCUT2D eigenvalue weighted by Crippen LogP contribution is -2.24. The van der Waals surface area contributed by atoms with E-state index >= 15 is 0 Å². The molecule has 6 heteroatoms. The Morgan fingerprint density at radius 1 is 1.19 bits per heavy atom. The normalized spacial score (nSPS) is 16.9. The summed E-state index contributed by atoms with van der Waals surface area (Å²) in [4.78, 5) is 18.7. The summed E-state index contributed by atoms with van der Waals surface area (Å²) >= 11 is 0. The second-order valence-electron chi connectivity index (χ2n) is 6.35. The minimum atomic E-state index is -0.0469. The first kappa shape index (κ1) is 16.3. The van der Waals surface area contributed by atoms with Gasteiger partial charge in [0.25, 0.3) is 5.89 Å². The first-order chi connectivity index (χ1) is 12.7. The second kappa shape index (κ2) is 7.00. The Balaban J connectivity index is 1.49. The topological polar surface area (TPSA) is 68.5 Å². The van der Waals surface area contributed by atoms with Crippen molar-refractivity contribution in [1.29, 1.82) is 0 Å². The van der Waals surface area contributed by atoms with Crippen LogP contribution in [0.15, 0.2) is 59.1 Å². The van der Waals surface area contributed by atoms with Crippen molar-refractivity contribution in [1.82, 2.24) is 15.0 Å². The Labute approximate surface area is 151 Å². The van der Waals surface area contributed by atoms with Gasteiger partial charge in [-0.3, -0.25) is 4.79 Å². The summed E-state index contributed by atoms with van der Waals surface area (Å²) in [6.07, 6.45) is 0.407.